The van der Waals surface area contributed by atoms with E-state index in [1.807, 2.05) is 26.0 Å². The Kier molecular flexibility index (Phi) is 4.70. The van der Waals surface area contributed by atoms with Crippen LogP contribution in [0.4, 0.5) is 5.69 Å². The van der Waals surface area contributed by atoms with Crippen LogP contribution in [0.2, 0.25) is 0 Å². The smallest absolute Gasteiger partial charge is 0.253 e. The number of anilines is 1. The Morgan fingerprint density at radius 1 is 1.40 bits per heavy atom. The molecule has 0 radical (unpaired) electrons. The molecule has 20 heavy (non-hydrogen) atoms. The van der Waals surface area contributed by atoms with Crippen molar-refractivity contribution < 1.29 is 9.59 Å². The average Bonchev–Trinajstić information content (AvgIpc) is 2.79. The Balaban J connectivity index is 2.24. The zero-order chi connectivity index (χ0) is 14.7. The van der Waals surface area contributed by atoms with Crippen molar-refractivity contribution in [3.63, 3.8) is 0 Å². The van der Waals surface area contributed by atoms with Crippen molar-refractivity contribution in [3.05, 3.63) is 29.8 Å². The summed E-state index contributed by atoms with van der Waals surface area (Å²) < 4.78 is 0. The molecule has 1 atom stereocenters. The molecule has 0 aromatic heterocycles. The molecular weight excluding hydrogens is 272 g/mol. The molecule has 4 nitrogen and oxygen atoms in total. The fourth-order valence-corrected chi connectivity index (χ4v) is 2.76. The fourth-order valence-electron chi connectivity index (χ4n) is 2.44. The van der Waals surface area contributed by atoms with Crippen molar-refractivity contribution >= 4 is 30.1 Å². The summed E-state index contributed by atoms with van der Waals surface area (Å²) in [7, 11) is 0. The van der Waals surface area contributed by atoms with Gasteiger partial charge in [-0.2, -0.15) is 12.6 Å². The third-order valence-corrected chi connectivity index (χ3v) is 3.91. The molecule has 1 saturated heterocycles. The van der Waals surface area contributed by atoms with Gasteiger partial charge in [-0.3, -0.25) is 9.59 Å². The second kappa shape index (κ2) is 6.31. The van der Waals surface area contributed by atoms with Gasteiger partial charge in [-0.15, -0.1) is 0 Å². The molecule has 0 bridgehead atoms. The Bertz CT molecular complexity index is 514. The highest BCUT2D eigenvalue weighted by Crippen LogP contribution is 2.25. The van der Waals surface area contributed by atoms with E-state index in [9.17, 15) is 9.59 Å². The molecule has 2 rings (SSSR count). The maximum absolute atomic E-state index is 12.3. The minimum absolute atomic E-state index is 0.00548. The Morgan fingerprint density at radius 2 is 2.10 bits per heavy atom. The van der Waals surface area contributed by atoms with Crippen LogP contribution in [0.3, 0.4) is 0 Å². The first kappa shape index (κ1) is 14.9. The van der Waals surface area contributed by atoms with Crippen LogP contribution in [0.1, 0.15) is 30.6 Å². The number of thiol groups is 1. The van der Waals surface area contributed by atoms with Crippen LogP contribution in [0.5, 0.6) is 0 Å². The van der Waals surface area contributed by atoms with Crippen LogP contribution in [0, 0.1) is 0 Å². The second-order valence-electron chi connectivity index (χ2n) is 4.89. The first-order valence-electron chi connectivity index (χ1n) is 6.94. The van der Waals surface area contributed by atoms with Crippen molar-refractivity contribution in [2.45, 2.75) is 25.5 Å². The number of carbonyl (C=O) groups excluding carboxylic acids is 2. The molecular formula is C15H20N2O2S. The lowest BCUT2D eigenvalue weighted by atomic mass is 10.1. The van der Waals surface area contributed by atoms with Gasteiger partial charge in [-0.25, -0.2) is 0 Å². The van der Waals surface area contributed by atoms with Gasteiger partial charge in [0.15, 0.2) is 0 Å². The van der Waals surface area contributed by atoms with Crippen LogP contribution in [-0.4, -0.2) is 41.6 Å². The molecule has 1 fully saturated rings. The fraction of sp³-hybridized carbons (Fsp3) is 0.467. The Hall–Kier alpha value is -1.49. The lowest BCUT2D eigenvalue weighted by molar-refractivity contribution is -0.117. The molecule has 1 aliphatic rings. The van der Waals surface area contributed by atoms with Gasteiger partial charge in [0.2, 0.25) is 5.91 Å². The highest BCUT2D eigenvalue weighted by Gasteiger charge is 2.28. The molecule has 0 spiro atoms. The highest BCUT2D eigenvalue weighted by molar-refractivity contribution is 7.81. The molecule has 1 heterocycles. The SMILES string of the molecule is CCN(CC)C(=O)c1cccc(N2CC(S)CC2=O)c1. The normalized spacial score (nSPS) is 18.4. The van der Waals surface area contributed by atoms with E-state index in [-0.39, 0.29) is 17.1 Å². The van der Waals surface area contributed by atoms with Crippen LogP contribution < -0.4 is 4.90 Å². The average molecular weight is 292 g/mol. The van der Waals surface area contributed by atoms with E-state index in [0.717, 1.165) is 5.69 Å². The largest absolute Gasteiger partial charge is 0.339 e. The topological polar surface area (TPSA) is 40.6 Å². The third kappa shape index (κ3) is 2.98. The van der Waals surface area contributed by atoms with E-state index < -0.39 is 0 Å². The number of carbonyl (C=O) groups is 2. The maximum Gasteiger partial charge on any atom is 0.253 e. The van der Waals surface area contributed by atoms with Crippen LogP contribution in [0.25, 0.3) is 0 Å². The molecule has 1 unspecified atom stereocenters. The summed E-state index contributed by atoms with van der Waals surface area (Å²) in [4.78, 5) is 27.7. The zero-order valence-corrected chi connectivity index (χ0v) is 12.8. The van der Waals surface area contributed by atoms with Crippen LogP contribution in [-0.2, 0) is 4.79 Å². The molecule has 2 amide bonds. The number of rotatable bonds is 4. The predicted molar refractivity (Wildman–Crippen MR) is 83.4 cm³/mol. The number of nitrogens with zero attached hydrogens (tertiary/aromatic N) is 2. The van der Waals surface area contributed by atoms with E-state index in [0.29, 0.717) is 31.6 Å². The van der Waals surface area contributed by atoms with Crippen molar-refractivity contribution in [3.8, 4) is 0 Å². The van der Waals surface area contributed by atoms with E-state index in [1.54, 1.807) is 21.9 Å². The van der Waals surface area contributed by atoms with Gasteiger partial charge < -0.3 is 9.80 Å². The van der Waals surface area contributed by atoms with Crippen molar-refractivity contribution in [2.24, 2.45) is 0 Å². The molecule has 1 aromatic carbocycles. The van der Waals surface area contributed by atoms with Gasteiger partial charge >= 0.3 is 0 Å². The molecule has 0 saturated carbocycles. The van der Waals surface area contributed by atoms with Crippen molar-refractivity contribution in [2.75, 3.05) is 24.5 Å². The lowest BCUT2D eigenvalue weighted by Crippen LogP contribution is -2.31. The standard InChI is InChI=1S/C15H20N2O2S/c1-3-16(4-2)15(19)11-6-5-7-12(8-11)17-10-13(20)9-14(17)18/h5-8,13,20H,3-4,9-10H2,1-2H3. The molecule has 0 N–H and O–H groups in total. The summed E-state index contributed by atoms with van der Waals surface area (Å²) >= 11 is 4.35. The van der Waals surface area contributed by atoms with Gasteiger partial charge in [0.1, 0.15) is 0 Å². The van der Waals surface area contributed by atoms with E-state index in [1.165, 1.54) is 0 Å². The third-order valence-electron chi connectivity index (χ3n) is 3.56. The van der Waals surface area contributed by atoms with Crippen LogP contribution in [0.15, 0.2) is 24.3 Å². The predicted octanol–water partition coefficient (Wildman–Crippen LogP) is 2.20. The minimum atomic E-state index is 0.00548. The van der Waals surface area contributed by atoms with Crippen molar-refractivity contribution in [1.82, 2.24) is 4.90 Å². The summed E-state index contributed by atoms with van der Waals surface area (Å²) in [5, 5.41) is 0.0737. The zero-order valence-electron chi connectivity index (χ0n) is 11.9. The molecule has 5 heteroatoms. The summed E-state index contributed by atoms with van der Waals surface area (Å²) in [6, 6.07) is 7.28. The van der Waals surface area contributed by atoms with Gasteiger partial charge in [-0.1, -0.05) is 6.07 Å². The quantitative estimate of drug-likeness (QED) is 0.864. The lowest BCUT2D eigenvalue weighted by Gasteiger charge is -2.21. The van der Waals surface area contributed by atoms with Gasteiger partial charge in [-0.05, 0) is 32.0 Å². The van der Waals surface area contributed by atoms with Gasteiger partial charge in [0.25, 0.3) is 5.91 Å². The second-order valence-corrected chi connectivity index (χ2v) is 5.62. The number of hydrogen-bond donors (Lipinski definition) is 1. The summed E-state index contributed by atoms with van der Waals surface area (Å²) in [6.07, 6.45) is 0.456. The highest BCUT2D eigenvalue weighted by atomic mass is 32.1. The van der Waals surface area contributed by atoms with Crippen molar-refractivity contribution in [1.29, 1.82) is 0 Å². The van der Waals surface area contributed by atoms with E-state index in [4.69, 9.17) is 0 Å². The number of amides is 2. The van der Waals surface area contributed by atoms with Gasteiger partial charge in [0, 0.05) is 42.6 Å². The minimum Gasteiger partial charge on any atom is -0.339 e. The summed E-state index contributed by atoms with van der Waals surface area (Å²) in [5.74, 6) is 0.0726. The Morgan fingerprint density at radius 3 is 2.65 bits per heavy atom. The first-order valence-corrected chi connectivity index (χ1v) is 7.46. The summed E-state index contributed by atoms with van der Waals surface area (Å²) in [6.45, 7) is 5.88. The Labute approximate surface area is 125 Å². The van der Waals surface area contributed by atoms with E-state index >= 15 is 0 Å². The van der Waals surface area contributed by atoms with E-state index in [2.05, 4.69) is 12.6 Å². The molecule has 1 aliphatic heterocycles. The first-order chi connectivity index (χ1) is 9.56. The van der Waals surface area contributed by atoms with Crippen LogP contribution >= 0.6 is 12.6 Å². The van der Waals surface area contributed by atoms with Gasteiger partial charge in [0.05, 0.1) is 0 Å². The number of hydrogen-bond acceptors (Lipinski definition) is 3. The maximum atomic E-state index is 12.3. The molecule has 1 aromatic rings. The monoisotopic (exact) mass is 292 g/mol. The summed E-state index contributed by atoms with van der Waals surface area (Å²) in [5.41, 5.74) is 1.41. The molecule has 108 valence electrons. The molecule has 0 aliphatic carbocycles. The number of benzene rings is 1.